The average Bonchev–Trinajstić information content (AvgIpc) is 2.54. The van der Waals surface area contributed by atoms with Crippen molar-refractivity contribution in [3.05, 3.63) is 58.9 Å². The lowest BCUT2D eigenvalue weighted by Gasteiger charge is -2.17. The Labute approximate surface area is 147 Å². The van der Waals surface area contributed by atoms with Crippen LogP contribution in [0.5, 0.6) is 0 Å². The van der Waals surface area contributed by atoms with Crippen LogP contribution in [0.4, 0.5) is 5.69 Å². The van der Waals surface area contributed by atoms with Crippen molar-refractivity contribution >= 4 is 23.2 Å². The summed E-state index contributed by atoms with van der Waals surface area (Å²) in [5.74, 6) is -0.157. The first-order chi connectivity index (χ1) is 11.5. The number of carbonyl (C=O) groups is 1. The molecule has 2 unspecified atom stereocenters. The molecule has 0 radical (unpaired) electrons. The number of anilines is 1. The van der Waals surface area contributed by atoms with Crippen LogP contribution in [0.1, 0.15) is 30.6 Å². The maximum absolute atomic E-state index is 12.0. The van der Waals surface area contributed by atoms with E-state index in [0.717, 1.165) is 11.1 Å². The van der Waals surface area contributed by atoms with Crippen LogP contribution in [0.2, 0.25) is 5.15 Å². The SMILES string of the molecule is Cc1cccc(C(O)CNC(C)CC(=O)Nc2cccnc2Cl)c1. The smallest absolute Gasteiger partial charge is 0.226 e. The molecule has 5 nitrogen and oxygen atoms in total. The minimum atomic E-state index is -0.608. The number of aliphatic hydroxyl groups is 1. The van der Waals surface area contributed by atoms with Crippen molar-refractivity contribution in [2.45, 2.75) is 32.4 Å². The van der Waals surface area contributed by atoms with E-state index >= 15 is 0 Å². The molecule has 3 N–H and O–H groups in total. The first-order valence-electron chi connectivity index (χ1n) is 7.84. The molecule has 2 rings (SSSR count). The number of hydrogen-bond acceptors (Lipinski definition) is 4. The van der Waals surface area contributed by atoms with E-state index in [1.807, 2.05) is 38.1 Å². The molecule has 2 atom stereocenters. The van der Waals surface area contributed by atoms with Crippen LogP contribution in [0.25, 0.3) is 0 Å². The standard InChI is InChI=1S/C18H22ClN3O2/c1-12-5-3-6-14(9-12)16(23)11-21-13(2)10-17(24)22-15-7-4-8-20-18(15)19/h3-9,13,16,21,23H,10-11H2,1-2H3,(H,22,24). The number of nitrogens with zero attached hydrogens (tertiary/aromatic N) is 1. The minimum Gasteiger partial charge on any atom is -0.387 e. The summed E-state index contributed by atoms with van der Waals surface area (Å²) in [6.45, 7) is 4.26. The Kier molecular flexibility index (Phi) is 6.73. The summed E-state index contributed by atoms with van der Waals surface area (Å²) < 4.78 is 0. The number of amides is 1. The molecule has 0 aliphatic carbocycles. The largest absolute Gasteiger partial charge is 0.387 e. The molecule has 0 bridgehead atoms. The molecule has 1 amide bonds. The number of benzene rings is 1. The third-order valence-corrected chi connectivity index (χ3v) is 3.91. The molecule has 0 aliphatic heterocycles. The molecule has 1 aromatic heterocycles. The van der Waals surface area contributed by atoms with Crippen molar-refractivity contribution in [1.29, 1.82) is 0 Å². The number of rotatable bonds is 7. The monoisotopic (exact) mass is 347 g/mol. The summed E-state index contributed by atoms with van der Waals surface area (Å²) >= 11 is 5.91. The number of pyridine rings is 1. The number of aryl methyl sites for hydroxylation is 1. The first kappa shape index (κ1) is 18.4. The Morgan fingerprint density at radius 1 is 1.33 bits per heavy atom. The average molecular weight is 348 g/mol. The molecule has 1 aromatic carbocycles. The van der Waals surface area contributed by atoms with Crippen molar-refractivity contribution < 1.29 is 9.90 Å². The summed E-state index contributed by atoms with van der Waals surface area (Å²) in [6.07, 6.45) is 1.23. The highest BCUT2D eigenvalue weighted by atomic mass is 35.5. The summed E-state index contributed by atoms with van der Waals surface area (Å²) in [5, 5.41) is 16.4. The molecule has 0 spiro atoms. The van der Waals surface area contributed by atoms with Crippen molar-refractivity contribution in [3.8, 4) is 0 Å². The van der Waals surface area contributed by atoms with Crippen LogP contribution in [0.3, 0.4) is 0 Å². The summed E-state index contributed by atoms with van der Waals surface area (Å²) in [6, 6.07) is 11.1. The van der Waals surface area contributed by atoms with Gasteiger partial charge in [0.2, 0.25) is 5.91 Å². The Morgan fingerprint density at radius 3 is 2.83 bits per heavy atom. The van der Waals surface area contributed by atoms with E-state index in [0.29, 0.717) is 12.2 Å². The van der Waals surface area contributed by atoms with E-state index in [1.54, 1.807) is 18.3 Å². The molecule has 2 aromatic rings. The van der Waals surface area contributed by atoms with Crippen molar-refractivity contribution in [3.63, 3.8) is 0 Å². The number of aromatic nitrogens is 1. The van der Waals surface area contributed by atoms with Gasteiger partial charge in [0.05, 0.1) is 11.8 Å². The van der Waals surface area contributed by atoms with Crippen molar-refractivity contribution in [1.82, 2.24) is 10.3 Å². The molecule has 128 valence electrons. The Bertz CT molecular complexity index is 693. The van der Waals surface area contributed by atoms with Crippen LogP contribution in [0, 0.1) is 6.92 Å². The lowest BCUT2D eigenvalue weighted by atomic mass is 10.1. The van der Waals surface area contributed by atoms with Gasteiger partial charge in [0.25, 0.3) is 0 Å². The van der Waals surface area contributed by atoms with Crippen molar-refractivity contribution in [2.75, 3.05) is 11.9 Å². The topological polar surface area (TPSA) is 74.2 Å². The predicted octanol–water partition coefficient (Wildman–Crippen LogP) is 3.08. The third kappa shape index (κ3) is 5.60. The number of hydrogen-bond donors (Lipinski definition) is 3. The van der Waals surface area contributed by atoms with Gasteiger partial charge in [-0.25, -0.2) is 4.98 Å². The molecule has 0 saturated heterocycles. The molecule has 1 heterocycles. The second-order valence-electron chi connectivity index (χ2n) is 5.83. The van der Waals surface area contributed by atoms with Gasteiger partial charge >= 0.3 is 0 Å². The second-order valence-corrected chi connectivity index (χ2v) is 6.19. The molecule has 24 heavy (non-hydrogen) atoms. The fourth-order valence-corrected chi connectivity index (χ4v) is 2.51. The van der Waals surface area contributed by atoms with Gasteiger partial charge in [0, 0.05) is 25.2 Å². The van der Waals surface area contributed by atoms with Crippen LogP contribution < -0.4 is 10.6 Å². The van der Waals surface area contributed by atoms with Gasteiger partial charge in [-0.15, -0.1) is 0 Å². The van der Waals surface area contributed by atoms with Crippen LogP contribution >= 0.6 is 11.6 Å². The zero-order valence-corrected chi connectivity index (χ0v) is 14.5. The zero-order chi connectivity index (χ0) is 17.5. The molecular formula is C18H22ClN3O2. The molecule has 6 heteroatoms. The Hall–Kier alpha value is -1.95. The van der Waals surface area contributed by atoms with E-state index in [2.05, 4.69) is 15.6 Å². The van der Waals surface area contributed by atoms with Gasteiger partial charge in [0.15, 0.2) is 5.15 Å². The quantitative estimate of drug-likeness (QED) is 0.673. The maximum Gasteiger partial charge on any atom is 0.226 e. The first-order valence-corrected chi connectivity index (χ1v) is 8.22. The van der Waals surface area contributed by atoms with Gasteiger partial charge in [-0.1, -0.05) is 41.4 Å². The fourth-order valence-electron chi connectivity index (χ4n) is 2.34. The van der Waals surface area contributed by atoms with Crippen LogP contribution in [-0.2, 0) is 4.79 Å². The van der Waals surface area contributed by atoms with E-state index in [4.69, 9.17) is 11.6 Å². The number of aliphatic hydroxyl groups excluding tert-OH is 1. The highest BCUT2D eigenvalue weighted by Crippen LogP contribution is 2.18. The van der Waals surface area contributed by atoms with Gasteiger partial charge in [-0.3, -0.25) is 4.79 Å². The van der Waals surface area contributed by atoms with E-state index < -0.39 is 6.10 Å². The molecule has 0 saturated carbocycles. The van der Waals surface area contributed by atoms with Gasteiger partial charge < -0.3 is 15.7 Å². The second kappa shape index (κ2) is 8.78. The highest BCUT2D eigenvalue weighted by molar-refractivity contribution is 6.32. The molecular weight excluding hydrogens is 326 g/mol. The summed E-state index contributed by atoms with van der Waals surface area (Å²) in [5.41, 5.74) is 2.46. The van der Waals surface area contributed by atoms with E-state index in [-0.39, 0.29) is 23.5 Å². The van der Waals surface area contributed by atoms with E-state index in [9.17, 15) is 9.90 Å². The van der Waals surface area contributed by atoms with Crippen molar-refractivity contribution in [2.24, 2.45) is 0 Å². The normalized spacial score (nSPS) is 13.3. The summed E-state index contributed by atoms with van der Waals surface area (Å²) in [4.78, 5) is 15.9. The molecule has 0 fully saturated rings. The number of nitrogens with one attached hydrogen (secondary N) is 2. The van der Waals surface area contributed by atoms with Crippen LogP contribution in [0.15, 0.2) is 42.6 Å². The highest BCUT2D eigenvalue weighted by Gasteiger charge is 2.13. The van der Waals surface area contributed by atoms with Crippen LogP contribution in [-0.4, -0.2) is 28.6 Å². The van der Waals surface area contributed by atoms with Gasteiger partial charge in [0.1, 0.15) is 0 Å². The zero-order valence-electron chi connectivity index (χ0n) is 13.8. The predicted molar refractivity (Wildman–Crippen MR) is 96.1 cm³/mol. The third-order valence-electron chi connectivity index (χ3n) is 3.61. The van der Waals surface area contributed by atoms with Gasteiger partial charge in [-0.2, -0.15) is 0 Å². The van der Waals surface area contributed by atoms with Gasteiger partial charge in [-0.05, 0) is 31.5 Å². The fraction of sp³-hybridized carbons (Fsp3) is 0.333. The lowest BCUT2D eigenvalue weighted by molar-refractivity contribution is -0.116. The maximum atomic E-state index is 12.0. The number of halogens is 1. The number of carbonyl (C=O) groups excluding carboxylic acids is 1. The Morgan fingerprint density at radius 2 is 2.12 bits per heavy atom. The Balaban J connectivity index is 1.79. The minimum absolute atomic E-state index is 0.0834. The lowest BCUT2D eigenvalue weighted by Crippen LogP contribution is -2.33. The van der Waals surface area contributed by atoms with E-state index in [1.165, 1.54) is 0 Å². The summed E-state index contributed by atoms with van der Waals surface area (Å²) in [7, 11) is 0. The molecule has 0 aliphatic rings.